The Morgan fingerprint density at radius 1 is 1.32 bits per heavy atom. The summed E-state index contributed by atoms with van der Waals surface area (Å²) >= 11 is 2.80. The highest BCUT2D eigenvalue weighted by Crippen LogP contribution is 2.34. The quantitative estimate of drug-likeness (QED) is 0.438. The molecule has 28 heavy (non-hydrogen) atoms. The van der Waals surface area contributed by atoms with Crippen LogP contribution in [0.1, 0.15) is 37.7 Å². The lowest BCUT2D eigenvalue weighted by atomic mass is 9.85. The van der Waals surface area contributed by atoms with Crippen molar-refractivity contribution in [3.05, 3.63) is 23.3 Å². The zero-order valence-corrected chi connectivity index (χ0v) is 17.3. The molecule has 0 bridgehead atoms. The van der Waals surface area contributed by atoms with Crippen LogP contribution in [0.3, 0.4) is 0 Å². The fourth-order valence-electron chi connectivity index (χ4n) is 2.77. The van der Waals surface area contributed by atoms with Crippen LogP contribution in [-0.2, 0) is 4.79 Å². The number of fused-ring (bicyclic) bond motifs is 1. The van der Waals surface area contributed by atoms with Crippen molar-refractivity contribution in [3.63, 3.8) is 0 Å². The van der Waals surface area contributed by atoms with Crippen LogP contribution < -0.4 is 22.1 Å². The van der Waals surface area contributed by atoms with Gasteiger partial charge in [-0.3, -0.25) is 9.59 Å². The van der Waals surface area contributed by atoms with Gasteiger partial charge in [0.1, 0.15) is 15.6 Å². The second kappa shape index (κ2) is 7.68. The molecule has 1 unspecified atom stereocenters. The average Bonchev–Trinajstić information content (AvgIpc) is 3.19. The number of rotatable bonds is 8. The number of nitrogens with one attached hydrogen (secondary N) is 2. The lowest BCUT2D eigenvalue weighted by Crippen LogP contribution is -2.36. The van der Waals surface area contributed by atoms with Crippen molar-refractivity contribution < 1.29 is 9.59 Å². The molecule has 3 aromatic heterocycles. The number of hydrogen-bond donors (Lipinski definition) is 4. The van der Waals surface area contributed by atoms with Crippen LogP contribution in [0.15, 0.2) is 17.6 Å². The van der Waals surface area contributed by atoms with E-state index in [9.17, 15) is 9.59 Å². The standard InChI is InChI=1S/C17H21N7O2S2/c1-8(6-17(2,3)16(19)26)21-10-7-20-11(12(18)25)13(22-10)23-14-9-4-5-27-15(9)24-28-14/h4-5,7-8H,6H2,1-3H3,(H2,18,25)(H2,19,26)(H2,21,22,23). The summed E-state index contributed by atoms with van der Waals surface area (Å²) in [5.74, 6) is -0.360. The Labute approximate surface area is 169 Å². The first-order valence-corrected chi connectivity index (χ1v) is 10.2. The van der Waals surface area contributed by atoms with Gasteiger partial charge in [0, 0.05) is 16.8 Å². The minimum Gasteiger partial charge on any atom is -0.369 e. The Kier molecular flexibility index (Phi) is 5.47. The van der Waals surface area contributed by atoms with E-state index in [2.05, 4.69) is 25.0 Å². The monoisotopic (exact) mass is 419 g/mol. The van der Waals surface area contributed by atoms with E-state index in [1.165, 1.54) is 29.1 Å². The Balaban J connectivity index is 1.84. The zero-order chi connectivity index (χ0) is 20.5. The molecular weight excluding hydrogens is 398 g/mol. The van der Waals surface area contributed by atoms with Gasteiger partial charge in [-0.25, -0.2) is 9.97 Å². The summed E-state index contributed by atoms with van der Waals surface area (Å²) in [6, 6.07) is 1.84. The summed E-state index contributed by atoms with van der Waals surface area (Å²) < 4.78 is 4.35. The van der Waals surface area contributed by atoms with Crippen LogP contribution in [-0.4, -0.2) is 32.2 Å². The van der Waals surface area contributed by atoms with Gasteiger partial charge in [0.25, 0.3) is 5.91 Å². The average molecular weight is 420 g/mol. The van der Waals surface area contributed by atoms with Crippen molar-refractivity contribution in [2.45, 2.75) is 33.2 Å². The molecule has 3 heterocycles. The number of amides is 2. The third-order valence-electron chi connectivity index (χ3n) is 4.22. The number of anilines is 3. The van der Waals surface area contributed by atoms with Gasteiger partial charge in [0.15, 0.2) is 11.5 Å². The Morgan fingerprint density at radius 2 is 2.07 bits per heavy atom. The molecule has 3 aromatic rings. The predicted molar refractivity (Wildman–Crippen MR) is 112 cm³/mol. The van der Waals surface area contributed by atoms with Crippen molar-refractivity contribution in [2.75, 3.05) is 10.6 Å². The zero-order valence-electron chi connectivity index (χ0n) is 15.6. The molecule has 2 amide bonds. The minimum absolute atomic E-state index is 0.0347. The first kappa shape index (κ1) is 20.0. The summed E-state index contributed by atoms with van der Waals surface area (Å²) in [6.07, 6.45) is 1.95. The van der Waals surface area contributed by atoms with Crippen LogP contribution in [0, 0.1) is 5.41 Å². The second-order valence-electron chi connectivity index (χ2n) is 7.09. The Hall–Kier alpha value is -2.79. The molecule has 0 aliphatic rings. The first-order valence-electron chi connectivity index (χ1n) is 8.50. The SMILES string of the molecule is CC(CC(C)(C)C(N)=O)Nc1cnc(C(N)=O)c(Nc2snc3sccc23)n1. The molecule has 11 heteroatoms. The number of primary amides is 2. The van der Waals surface area contributed by atoms with E-state index in [0.717, 1.165) is 15.2 Å². The van der Waals surface area contributed by atoms with E-state index >= 15 is 0 Å². The van der Waals surface area contributed by atoms with Gasteiger partial charge < -0.3 is 22.1 Å². The van der Waals surface area contributed by atoms with E-state index in [1.807, 2.05) is 18.4 Å². The van der Waals surface area contributed by atoms with E-state index < -0.39 is 11.3 Å². The first-order chi connectivity index (χ1) is 13.2. The van der Waals surface area contributed by atoms with Crippen LogP contribution in [0.25, 0.3) is 10.2 Å². The molecule has 3 rings (SSSR count). The topological polar surface area (TPSA) is 149 Å². The molecule has 0 aliphatic heterocycles. The number of nitrogens with two attached hydrogens (primary N) is 2. The fourth-order valence-corrected chi connectivity index (χ4v) is 4.43. The second-order valence-corrected chi connectivity index (χ2v) is 8.76. The smallest absolute Gasteiger partial charge is 0.271 e. The minimum atomic E-state index is -0.685. The van der Waals surface area contributed by atoms with Gasteiger partial charge in [-0.2, -0.15) is 4.37 Å². The largest absolute Gasteiger partial charge is 0.369 e. The van der Waals surface area contributed by atoms with Crippen LogP contribution in [0.4, 0.5) is 16.6 Å². The van der Waals surface area contributed by atoms with Gasteiger partial charge in [0.05, 0.1) is 6.20 Å². The van der Waals surface area contributed by atoms with Crippen molar-refractivity contribution in [3.8, 4) is 0 Å². The maximum absolute atomic E-state index is 11.8. The number of carbonyl (C=O) groups excluding carboxylic acids is 2. The molecule has 6 N–H and O–H groups in total. The molecule has 0 saturated heterocycles. The van der Waals surface area contributed by atoms with E-state index in [1.54, 1.807) is 13.8 Å². The van der Waals surface area contributed by atoms with Crippen molar-refractivity contribution >= 4 is 61.5 Å². The molecule has 0 fully saturated rings. The fraction of sp³-hybridized carbons (Fsp3) is 0.353. The summed E-state index contributed by atoms with van der Waals surface area (Å²) in [5.41, 5.74) is 10.3. The summed E-state index contributed by atoms with van der Waals surface area (Å²) in [6.45, 7) is 5.50. The number of aromatic nitrogens is 3. The summed E-state index contributed by atoms with van der Waals surface area (Å²) in [5, 5.41) is 9.95. The predicted octanol–water partition coefficient (Wildman–Crippen LogP) is 2.69. The lowest BCUT2D eigenvalue weighted by Gasteiger charge is -2.25. The van der Waals surface area contributed by atoms with Gasteiger partial charge in [-0.05, 0) is 36.3 Å². The summed E-state index contributed by atoms with van der Waals surface area (Å²) in [7, 11) is 0. The molecule has 9 nitrogen and oxygen atoms in total. The molecule has 0 radical (unpaired) electrons. The van der Waals surface area contributed by atoms with E-state index in [4.69, 9.17) is 11.5 Å². The molecule has 0 saturated carbocycles. The Morgan fingerprint density at radius 3 is 2.75 bits per heavy atom. The maximum atomic E-state index is 11.8. The normalized spacial score (nSPS) is 12.7. The molecular formula is C17H21N7O2S2. The van der Waals surface area contributed by atoms with Gasteiger partial charge in [-0.1, -0.05) is 13.8 Å². The molecule has 0 aliphatic carbocycles. The Bertz CT molecular complexity index is 1030. The van der Waals surface area contributed by atoms with Gasteiger partial charge in [0.2, 0.25) is 5.91 Å². The van der Waals surface area contributed by atoms with Crippen molar-refractivity contribution in [2.24, 2.45) is 16.9 Å². The summed E-state index contributed by atoms with van der Waals surface area (Å²) in [4.78, 5) is 32.8. The molecule has 1 atom stereocenters. The number of hydrogen-bond acceptors (Lipinski definition) is 9. The van der Waals surface area contributed by atoms with Crippen LogP contribution in [0.2, 0.25) is 0 Å². The maximum Gasteiger partial charge on any atom is 0.271 e. The van der Waals surface area contributed by atoms with E-state index in [0.29, 0.717) is 12.2 Å². The highest BCUT2D eigenvalue weighted by molar-refractivity contribution is 7.21. The number of carbonyl (C=O) groups is 2. The third kappa shape index (κ3) is 4.20. The van der Waals surface area contributed by atoms with Crippen molar-refractivity contribution in [1.82, 2.24) is 14.3 Å². The third-order valence-corrected chi connectivity index (χ3v) is 5.93. The van der Waals surface area contributed by atoms with Gasteiger partial charge >= 0.3 is 0 Å². The number of nitrogens with zero attached hydrogens (tertiary/aromatic N) is 3. The van der Waals surface area contributed by atoms with Crippen LogP contribution in [0.5, 0.6) is 0 Å². The highest BCUT2D eigenvalue weighted by atomic mass is 32.1. The van der Waals surface area contributed by atoms with Gasteiger partial charge in [-0.15, -0.1) is 11.3 Å². The molecule has 0 aromatic carbocycles. The molecule has 0 spiro atoms. The van der Waals surface area contributed by atoms with E-state index in [-0.39, 0.29) is 23.5 Å². The van der Waals surface area contributed by atoms with Crippen LogP contribution >= 0.6 is 22.9 Å². The number of thiophene rings is 1. The highest BCUT2D eigenvalue weighted by Gasteiger charge is 2.27. The van der Waals surface area contributed by atoms with Crippen molar-refractivity contribution in [1.29, 1.82) is 0 Å². The lowest BCUT2D eigenvalue weighted by molar-refractivity contribution is -0.126. The molecule has 148 valence electrons.